The lowest BCUT2D eigenvalue weighted by Gasteiger charge is -2.07. The van der Waals surface area contributed by atoms with Crippen LogP contribution in [0.5, 0.6) is 5.75 Å². The standard InChI is InChI=1S/C14H11N7O3/c15-12-17-13(16)19-14(18-12)21-20-8-5-6-3-1-2-4-7(6)9(10(8)22)11(23)24/h1-5,22H,(H,23,24)(H4,15,16,17,18,19)/b21-20+. The third-order valence-corrected chi connectivity index (χ3v) is 3.12. The van der Waals surface area contributed by atoms with Crippen LogP contribution in [-0.4, -0.2) is 31.1 Å². The Morgan fingerprint density at radius 1 is 1.04 bits per heavy atom. The fraction of sp³-hybridized carbons (Fsp3) is 0. The number of hydrogen-bond acceptors (Lipinski definition) is 9. The molecule has 120 valence electrons. The first-order valence-corrected chi connectivity index (χ1v) is 6.62. The van der Waals surface area contributed by atoms with Crippen LogP contribution in [0.4, 0.5) is 23.5 Å². The molecule has 0 saturated carbocycles. The van der Waals surface area contributed by atoms with Crippen LogP contribution < -0.4 is 11.5 Å². The van der Waals surface area contributed by atoms with Crippen LogP contribution in [-0.2, 0) is 0 Å². The molecule has 6 N–H and O–H groups in total. The number of rotatable bonds is 3. The Morgan fingerprint density at radius 3 is 2.38 bits per heavy atom. The number of fused-ring (bicyclic) bond motifs is 1. The highest BCUT2D eigenvalue weighted by atomic mass is 16.4. The molecule has 0 spiro atoms. The van der Waals surface area contributed by atoms with E-state index in [1.807, 2.05) is 0 Å². The molecule has 2 aromatic carbocycles. The molecule has 0 atom stereocenters. The number of anilines is 2. The molecule has 24 heavy (non-hydrogen) atoms. The zero-order valence-corrected chi connectivity index (χ0v) is 12.1. The zero-order valence-electron chi connectivity index (χ0n) is 12.1. The molecule has 0 bridgehead atoms. The summed E-state index contributed by atoms with van der Waals surface area (Å²) in [7, 11) is 0. The monoisotopic (exact) mass is 325 g/mol. The average molecular weight is 325 g/mol. The lowest BCUT2D eigenvalue weighted by Crippen LogP contribution is -2.01. The van der Waals surface area contributed by atoms with E-state index in [4.69, 9.17) is 11.5 Å². The summed E-state index contributed by atoms with van der Waals surface area (Å²) in [6.07, 6.45) is 0. The van der Waals surface area contributed by atoms with Gasteiger partial charge in [0.05, 0.1) is 0 Å². The molecule has 0 fully saturated rings. The molecule has 0 saturated heterocycles. The first kappa shape index (κ1) is 15.1. The van der Waals surface area contributed by atoms with Gasteiger partial charge >= 0.3 is 5.97 Å². The van der Waals surface area contributed by atoms with Gasteiger partial charge in [0.15, 0.2) is 5.75 Å². The summed E-state index contributed by atoms with van der Waals surface area (Å²) < 4.78 is 0. The second kappa shape index (κ2) is 5.76. The van der Waals surface area contributed by atoms with Crippen molar-refractivity contribution in [2.45, 2.75) is 0 Å². The topological polar surface area (TPSA) is 173 Å². The third-order valence-electron chi connectivity index (χ3n) is 3.12. The molecule has 0 unspecified atom stereocenters. The van der Waals surface area contributed by atoms with E-state index < -0.39 is 11.7 Å². The van der Waals surface area contributed by atoms with Gasteiger partial charge in [-0.25, -0.2) is 4.79 Å². The summed E-state index contributed by atoms with van der Waals surface area (Å²) in [5.74, 6) is -2.23. The van der Waals surface area contributed by atoms with Crippen molar-refractivity contribution < 1.29 is 15.0 Å². The fourth-order valence-electron chi connectivity index (χ4n) is 2.16. The molecule has 0 aliphatic carbocycles. The van der Waals surface area contributed by atoms with Crippen molar-refractivity contribution in [2.75, 3.05) is 11.5 Å². The van der Waals surface area contributed by atoms with Gasteiger partial charge in [0.1, 0.15) is 11.3 Å². The van der Waals surface area contributed by atoms with E-state index >= 15 is 0 Å². The van der Waals surface area contributed by atoms with Gasteiger partial charge in [-0.1, -0.05) is 24.3 Å². The number of phenols is 1. The van der Waals surface area contributed by atoms with Crippen molar-refractivity contribution in [3.05, 3.63) is 35.9 Å². The normalized spacial score (nSPS) is 11.2. The van der Waals surface area contributed by atoms with E-state index in [1.54, 1.807) is 24.3 Å². The Balaban J connectivity index is 2.14. The molecule has 1 aromatic heterocycles. The first-order valence-electron chi connectivity index (χ1n) is 6.62. The number of carboxylic acid groups (broad SMARTS) is 1. The zero-order chi connectivity index (χ0) is 17.3. The van der Waals surface area contributed by atoms with Crippen LogP contribution in [0, 0.1) is 0 Å². The molecule has 0 aliphatic rings. The van der Waals surface area contributed by atoms with Crippen molar-refractivity contribution in [1.29, 1.82) is 0 Å². The smallest absolute Gasteiger partial charge is 0.340 e. The predicted octanol–water partition coefficient (Wildman–Crippen LogP) is 2.01. The Morgan fingerprint density at radius 2 is 1.71 bits per heavy atom. The summed E-state index contributed by atoms with van der Waals surface area (Å²) in [5.41, 5.74) is 10.5. The van der Waals surface area contributed by atoms with Gasteiger partial charge in [0.2, 0.25) is 11.9 Å². The number of nitrogen functional groups attached to an aromatic ring is 2. The SMILES string of the molecule is Nc1nc(N)nc(/N=N/c2cc3ccccc3c(C(=O)O)c2O)n1. The number of azo groups is 1. The maximum atomic E-state index is 11.5. The quantitative estimate of drug-likeness (QED) is 0.529. The van der Waals surface area contributed by atoms with Crippen molar-refractivity contribution in [2.24, 2.45) is 10.2 Å². The summed E-state index contributed by atoms with van der Waals surface area (Å²) in [6, 6.07) is 8.19. The summed E-state index contributed by atoms with van der Waals surface area (Å²) in [5, 5.41) is 28.0. The number of carboxylic acids is 1. The average Bonchev–Trinajstić information content (AvgIpc) is 2.51. The molecular weight excluding hydrogens is 314 g/mol. The van der Waals surface area contributed by atoms with Crippen LogP contribution in [0.3, 0.4) is 0 Å². The number of nitrogens with two attached hydrogens (primary N) is 2. The number of benzene rings is 2. The maximum absolute atomic E-state index is 11.5. The van der Waals surface area contributed by atoms with Gasteiger partial charge in [-0.2, -0.15) is 15.0 Å². The van der Waals surface area contributed by atoms with Crippen LogP contribution in [0.15, 0.2) is 40.6 Å². The largest absolute Gasteiger partial charge is 0.505 e. The van der Waals surface area contributed by atoms with E-state index in [9.17, 15) is 15.0 Å². The third kappa shape index (κ3) is 2.75. The minimum absolute atomic E-state index is 0.0522. The van der Waals surface area contributed by atoms with E-state index in [1.165, 1.54) is 6.07 Å². The number of carbonyl (C=O) groups is 1. The van der Waals surface area contributed by atoms with Crippen molar-refractivity contribution in [1.82, 2.24) is 15.0 Å². The Hall–Kier alpha value is -3.82. The minimum atomic E-state index is -1.28. The van der Waals surface area contributed by atoms with Gasteiger partial charge in [0.25, 0.3) is 5.95 Å². The molecule has 10 heteroatoms. The Labute approximate surface area is 134 Å². The van der Waals surface area contributed by atoms with Gasteiger partial charge in [0, 0.05) is 5.39 Å². The van der Waals surface area contributed by atoms with E-state index in [0.29, 0.717) is 10.8 Å². The lowest BCUT2D eigenvalue weighted by molar-refractivity contribution is 0.0696. The molecule has 1 heterocycles. The van der Waals surface area contributed by atoms with Gasteiger partial charge < -0.3 is 21.7 Å². The molecule has 0 amide bonds. The molecule has 0 aliphatic heterocycles. The van der Waals surface area contributed by atoms with Crippen LogP contribution >= 0.6 is 0 Å². The van der Waals surface area contributed by atoms with Crippen LogP contribution in [0.1, 0.15) is 10.4 Å². The number of nitrogens with zero attached hydrogens (tertiary/aromatic N) is 5. The molecule has 10 nitrogen and oxygen atoms in total. The first-order chi connectivity index (χ1) is 11.5. The molecule has 0 radical (unpaired) electrons. The van der Waals surface area contributed by atoms with Gasteiger partial charge in [-0.15, -0.1) is 10.2 Å². The van der Waals surface area contributed by atoms with E-state index in [-0.39, 0.29) is 29.1 Å². The van der Waals surface area contributed by atoms with Crippen molar-refractivity contribution >= 4 is 40.3 Å². The number of aromatic carboxylic acids is 1. The molecule has 3 rings (SSSR count). The number of hydrogen-bond donors (Lipinski definition) is 4. The Bertz CT molecular complexity index is 967. The highest BCUT2D eigenvalue weighted by Gasteiger charge is 2.18. The summed E-state index contributed by atoms with van der Waals surface area (Å²) in [4.78, 5) is 22.5. The summed E-state index contributed by atoms with van der Waals surface area (Å²) in [6.45, 7) is 0. The highest BCUT2D eigenvalue weighted by Crippen LogP contribution is 2.37. The van der Waals surface area contributed by atoms with Crippen LogP contribution in [0.2, 0.25) is 0 Å². The van der Waals surface area contributed by atoms with Crippen molar-refractivity contribution in [3.8, 4) is 5.75 Å². The summed E-state index contributed by atoms with van der Waals surface area (Å²) >= 11 is 0. The number of aromatic hydroxyl groups is 1. The molecular formula is C14H11N7O3. The predicted molar refractivity (Wildman–Crippen MR) is 85.4 cm³/mol. The highest BCUT2D eigenvalue weighted by molar-refractivity contribution is 6.08. The number of aromatic nitrogens is 3. The van der Waals surface area contributed by atoms with E-state index in [2.05, 4.69) is 25.2 Å². The van der Waals surface area contributed by atoms with E-state index in [0.717, 1.165) is 0 Å². The second-order valence-electron chi connectivity index (χ2n) is 4.70. The van der Waals surface area contributed by atoms with Gasteiger partial charge in [-0.3, -0.25) is 0 Å². The Kier molecular flexibility index (Phi) is 3.62. The van der Waals surface area contributed by atoms with Gasteiger partial charge in [-0.05, 0) is 11.5 Å². The van der Waals surface area contributed by atoms with Crippen molar-refractivity contribution in [3.63, 3.8) is 0 Å². The minimum Gasteiger partial charge on any atom is -0.505 e. The molecule has 3 aromatic rings. The second-order valence-corrected chi connectivity index (χ2v) is 4.70. The fourth-order valence-corrected chi connectivity index (χ4v) is 2.16. The maximum Gasteiger partial charge on any atom is 0.340 e. The lowest BCUT2D eigenvalue weighted by atomic mass is 10.0. The van der Waals surface area contributed by atoms with Crippen LogP contribution in [0.25, 0.3) is 10.8 Å².